The van der Waals surface area contributed by atoms with Crippen LogP contribution in [0.1, 0.15) is 31.4 Å². The number of nitrogen functional groups attached to an aromatic ring is 1. The lowest BCUT2D eigenvalue weighted by Gasteiger charge is -2.03. The van der Waals surface area contributed by atoms with Gasteiger partial charge in [0.15, 0.2) is 0 Å². The summed E-state index contributed by atoms with van der Waals surface area (Å²) in [6.45, 7) is 2.87. The predicted molar refractivity (Wildman–Crippen MR) is 55.5 cm³/mol. The van der Waals surface area contributed by atoms with Crippen LogP contribution in [0.3, 0.4) is 0 Å². The molecule has 1 rings (SSSR count). The van der Waals surface area contributed by atoms with Crippen molar-refractivity contribution in [2.75, 3.05) is 5.73 Å². The zero-order chi connectivity index (χ0) is 10.4. The third kappa shape index (κ3) is 2.77. The second kappa shape index (κ2) is 5.28. The van der Waals surface area contributed by atoms with Crippen molar-refractivity contribution in [2.45, 2.75) is 39.2 Å². The molecule has 1 aromatic heterocycles. The number of hydrogen-bond acceptors (Lipinski definition) is 3. The summed E-state index contributed by atoms with van der Waals surface area (Å²) in [6.07, 6.45) is 5.45. The molecule has 4 heteroatoms. The van der Waals surface area contributed by atoms with Gasteiger partial charge in [0.1, 0.15) is 0 Å². The Morgan fingerprint density at radius 3 is 2.86 bits per heavy atom. The molecule has 0 aromatic carbocycles. The normalized spacial score (nSPS) is 10.0. The largest absolute Gasteiger partial charge is 0.396 e. The molecule has 2 N–H and O–H groups in total. The number of hydrogen-bond donors (Lipinski definition) is 1. The Kier molecular flexibility index (Phi) is 3.99. The minimum absolute atomic E-state index is 0.653. The Morgan fingerprint density at radius 2 is 2.29 bits per heavy atom. The van der Waals surface area contributed by atoms with Gasteiger partial charge < -0.3 is 5.73 Å². The van der Waals surface area contributed by atoms with Crippen LogP contribution in [-0.2, 0) is 6.54 Å². The Hall–Kier alpha value is -1.50. The van der Waals surface area contributed by atoms with Gasteiger partial charge in [0.25, 0.3) is 0 Å². The number of aromatic nitrogens is 2. The lowest BCUT2D eigenvalue weighted by atomic mass is 10.2. The van der Waals surface area contributed by atoms with E-state index in [2.05, 4.69) is 11.2 Å². The molecule has 0 fully saturated rings. The summed E-state index contributed by atoms with van der Waals surface area (Å²) < 4.78 is 1.92. The second-order valence-corrected chi connectivity index (χ2v) is 3.38. The van der Waals surface area contributed by atoms with E-state index in [0.717, 1.165) is 37.2 Å². The zero-order valence-electron chi connectivity index (χ0n) is 8.53. The molecule has 0 saturated carbocycles. The van der Waals surface area contributed by atoms with Gasteiger partial charge in [0.05, 0.1) is 23.6 Å². The Bertz CT molecular complexity index is 321. The fourth-order valence-corrected chi connectivity index (χ4v) is 1.33. The van der Waals surface area contributed by atoms with Gasteiger partial charge in [-0.15, -0.1) is 0 Å². The van der Waals surface area contributed by atoms with E-state index < -0.39 is 0 Å². The van der Waals surface area contributed by atoms with Crippen molar-refractivity contribution >= 4 is 5.69 Å². The first-order chi connectivity index (χ1) is 6.75. The molecule has 0 bridgehead atoms. The average Bonchev–Trinajstić information content (AvgIpc) is 2.49. The van der Waals surface area contributed by atoms with E-state index in [0.29, 0.717) is 6.42 Å². The number of anilines is 1. The predicted octanol–water partition coefficient (Wildman–Crippen LogP) is 1.86. The van der Waals surface area contributed by atoms with Crippen LogP contribution in [0, 0.1) is 18.3 Å². The number of aryl methyl sites for hydroxylation is 1. The van der Waals surface area contributed by atoms with Crippen molar-refractivity contribution in [3.05, 3.63) is 11.9 Å². The summed E-state index contributed by atoms with van der Waals surface area (Å²) in [5.41, 5.74) is 7.45. The van der Waals surface area contributed by atoms with Crippen LogP contribution in [0.25, 0.3) is 0 Å². The van der Waals surface area contributed by atoms with Gasteiger partial charge in [-0.1, -0.05) is 6.42 Å². The Morgan fingerprint density at radius 1 is 1.50 bits per heavy atom. The van der Waals surface area contributed by atoms with Crippen molar-refractivity contribution in [2.24, 2.45) is 0 Å². The molecule has 0 unspecified atom stereocenters. The summed E-state index contributed by atoms with van der Waals surface area (Å²) in [4.78, 5) is 0. The fraction of sp³-hybridized carbons (Fsp3) is 0.600. The molecule has 0 aliphatic rings. The van der Waals surface area contributed by atoms with E-state index in [1.165, 1.54) is 0 Å². The molecule has 1 aromatic rings. The smallest absolute Gasteiger partial charge is 0.0730 e. The van der Waals surface area contributed by atoms with Gasteiger partial charge in [-0.2, -0.15) is 10.4 Å². The van der Waals surface area contributed by atoms with E-state index in [9.17, 15) is 0 Å². The monoisotopic (exact) mass is 192 g/mol. The van der Waals surface area contributed by atoms with Crippen molar-refractivity contribution in [3.8, 4) is 6.07 Å². The molecule has 0 aliphatic carbocycles. The summed E-state index contributed by atoms with van der Waals surface area (Å²) in [7, 11) is 0. The first-order valence-electron chi connectivity index (χ1n) is 4.90. The van der Waals surface area contributed by atoms with Crippen LogP contribution >= 0.6 is 0 Å². The van der Waals surface area contributed by atoms with Crippen LogP contribution in [-0.4, -0.2) is 9.78 Å². The van der Waals surface area contributed by atoms with Crippen LogP contribution in [0.15, 0.2) is 6.20 Å². The first kappa shape index (κ1) is 10.6. The highest BCUT2D eigenvalue weighted by atomic mass is 15.3. The van der Waals surface area contributed by atoms with Gasteiger partial charge in [0.2, 0.25) is 0 Å². The number of rotatable bonds is 5. The van der Waals surface area contributed by atoms with Crippen LogP contribution in [0.4, 0.5) is 5.69 Å². The van der Waals surface area contributed by atoms with Gasteiger partial charge in [-0.25, -0.2) is 0 Å². The first-order valence-corrected chi connectivity index (χ1v) is 4.90. The van der Waals surface area contributed by atoms with Crippen LogP contribution in [0.5, 0.6) is 0 Å². The van der Waals surface area contributed by atoms with E-state index in [1.807, 2.05) is 11.6 Å². The number of nitrogens with two attached hydrogens (primary N) is 1. The second-order valence-electron chi connectivity index (χ2n) is 3.38. The molecule has 1 heterocycles. The molecule has 0 spiro atoms. The maximum absolute atomic E-state index is 8.35. The standard InChI is InChI=1S/C10H16N4/c1-9-10(12)8-13-14(9)7-5-3-2-4-6-11/h8H,2-5,7,12H2,1H3. The third-order valence-electron chi connectivity index (χ3n) is 2.30. The molecule has 0 aliphatic heterocycles. The maximum Gasteiger partial charge on any atom is 0.0730 e. The lowest BCUT2D eigenvalue weighted by Crippen LogP contribution is -2.02. The topological polar surface area (TPSA) is 67.6 Å². The third-order valence-corrected chi connectivity index (χ3v) is 2.30. The number of nitriles is 1. The molecule has 0 atom stereocenters. The molecular formula is C10H16N4. The molecular weight excluding hydrogens is 176 g/mol. The fourth-order valence-electron chi connectivity index (χ4n) is 1.33. The van der Waals surface area contributed by atoms with E-state index in [4.69, 9.17) is 11.0 Å². The van der Waals surface area contributed by atoms with Gasteiger partial charge in [0, 0.05) is 13.0 Å². The van der Waals surface area contributed by atoms with Gasteiger partial charge in [-0.05, 0) is 19.8 Å². The van der Waals surface area contributed by atoms with Crippen molar-refractivity contribution in [1.82, 2.24) is 9.78 Å². The quantitative estimate of drug-likeness (QED) is 0.724. The molecule has 0 radical (unpaired) electrons. The molecule has 14 heavy (non-hydrogen) atoms. The average molecular weight is 192 g/mol. The lowest BCUT2D eigenvalue weighted by molar-refractivity contribution is 0.537. The summed E-state index contributed by atoms with van der Waals surface area (Å²) in [6, 6.07) is 2.14. The summed E-state index contributed by atoms with van der Waals surface area (Å²) in [5, 5.41) is 12.5. The highest BCUT2D eigenvalue weighted by Crippen LogP contribution is 2.10. The molecule has 4 nitrogen and oxygen atoms in total. The Labute approximate surface area is 84.3 Å². The maximum atomic E-state index is 8.35. The minimum Gasteiger partial charge on any atom is -0.396 e. The van der Waals surface area contributed by atoms with Crippen molar-refractivity contribution in [1.29, 1.82) is 5.26 Å². The Balaban J connectivity index is 2.25. The zero-order valence-corrected chi connectivity index (χ0v) is 8.53. The van der Waals surface area contributed by atoms with E-state index in [1.54, 1.807) is 6.20 Å². The van der Waals surface area contributed by atoms with E-state index in [-0.39, 0.29) is 0 Å². The minimum atomic E-state index is 0.653. The molecule has 0 amide bonds. The number of unbranched alkanes of at least 4 members (excludes halogenated alkanes) is 3. The van der Waals surface area contributed by atoms with Crippen LogP contribution < -0.4 is 5.73 Å². The summed E-state index contributed by atoms with van der Waals surface area (Å²) >= 11 is 0. The summed E-state index contributed by atoms with van der Waals surface area (Å²) in [5.74, 6) is 0. The van der Waals surface area contributed by atoms with Crippen LogP contribution in [0.2, 0.25) is 0 Å². The molecule has 0 saturated heterocycles. The molecule has 76 valence electrons. The highest BCUT2D eigenvalue weighted by Gasteiger charge is 2.01. The van der Waals surface area contributed by atoms with Crippen molar-refractivity contribution in [3.63, 3.8) is 0 Å². The number of nitrogens with zero attached hydrogens (tertiary/aromatic N) is 3. The SMILES string of the molecule is Cc1c(N)cnn1CCCCCC#N. The van der Waals surface area contributed by atoms with Gasteiger partial charge >= 0.3 is 0 Å². The van der Waals surface area contributed by atoms with Crippen molar-refractivity contribution < 1.29 is 0 Å². The van der Waals surface area contributed by atoms with Gasteiger partial charge in [-0.3, -0.25) is 4.68 Å². The highest BCUT2D eigenvalue weighted by molar-refractivity contribution is 5.39. The van der Waals surface area contributed by atoms with E-state index >= 15 is 0 Å².